The fourth-order valence-corrected chi connectivity index (χ4v) is 3.20. The molecule has 0 bridgehead atoms. The van der Waals surface area contributed by atoms with Crippen LogP contribution in [0.5, 0.6) is 11.5 Å². The van der Waals surface area contributed by atoms with E-state index in [0.29, 0.717) is 37.3 Å². The number of benzene rings is 2. The maximum absolute atomic E-state index is 13.6. The smallest absolute Gasteiger partial charge is 0.505 e. The molecule has 29 heavy (non-hydrogen) atoms. The van der Waals surface area contributed by atoms with Crippen LogP contribution in [-0.2, 0) is 0 Å². The number of hydrogen-bond donors (Lipinski definition) is 3. The molecule has 0 unspecified atom stereocenters. The summed E-state index contributed by atoms with van der Waals surface area (Å²) in [5, 5.41) is 13.6. The van der Waals surface area contributed by atoms with E-state index in [0.717, 1.165) is 0 Å². The lowest BCUT2D eigenvalue weighted by molar-refractivity contribution is -0.274. The fourth-order valence-electron chi connectivity index (χ4n) is 3.20. The molecule has 1 aliphatic rings. The summed E-state index contributed by atoms with van der Waals surface area (Å²) in [6.07, 6.45) is -4.77. The molecule has 4 N–H and O–H groups in total. The molecule has 1 fully saturated rings. The van der Waals surface area contributed by atoms with E-state index in [9.17, 15) is 22.7 Å². The van der Waals surface area contributed by atoms with Crippen LogP contribution >= 0.6 is 24.8 Å². The first-order valence-corrected chi connectivity index (χ1v) is 8.33. The minimum Gasteiger partial charge on any atom is -0.505 e. The van der Waals surface area contributed by atoms with E-state index >= 15 is 0 Å². The molecule has 11 heteroatoms. The Labute approximate surface area is 177 Å². The molecule has 0 spiro atoms. The molecule has 2 aromatic carbocycles. The Balaban J connectivity index is 0.00000210. The van der Waals surface area contributed by atoms with Gasteiger partial charge in [0.25, 0.3) is 0 Å². The molecule has 0 aromatic heterocycles. The van der Waals surface area contributed by atoms with E-state index in [4.69, 9.17) is 5.73 Å². The third kappa shape index (κ3) is 6.02. The van der Waals surface area contributed by atoms with E-state index in [1.54, 1.807) is 0 Å². The van der Waals surface area contributed by atoms with Crippen LogP contribution < -0.4 is 15.8 Å². The highest BCUT2D eigenvalue weighted by Crippen LogP contribution is 2.39. The van der Waals surface area contributed by atoms with Crippen LogP contribution in [-0.4, -0.2) is 42.5 Å². The van der Waals surface area contributed by atoms with Gasteiger partial charge in [-0.2, -0.15) is 0 Å². The van der Waals surface area contributed by atoms with E-state index in [1.807, 2.05) is 4.90 Å². The summed E-state index contributed by atoms with van der Waals surface area (Å²) in [4.78, 5) is 2.04. The van der Waals surface area contributed by atoms with Crippen molar-refractivity contribution in [3.05, 3.63) is 53.3 Å². The molecule has 0 aliphatic carbocycles. The SMILES string of the molecule is Cl.Cl.Nc1c(F)ccc([C@@H](c2ccc(OC(F)(F)F)cc2)N2CCNCC2)c1O. The molecule has 0 saturated carbocycles. The van der Waals surface area contributed by atoms with Crippen molar-refractivity contribution >= 4 is 30.5 Å². The Bertz CT molecular complexity index is 801. The first-order chi connectivity index (χ1) is 12.8. The van der Waals surface area contributed by atoms with Gasteiger partial charge < -0.3 is 20.9 Å². The van der Waals surface area contributed by atoms with Crippen LogP contribution in [0.4, 0.5) is 23.2 Å². The number of aromatic hydroxyl groups is 1. The number of alkyl halides is 3. The van der Waals surface area contributed by atoms with Gasteiger partial charge in [-0.05, 0) is 23.8 Å². The molecular weight excluding hydrogens is 437 g/mol. The average Bonchev–Trinajstić information content (AvgIpc) is 2.63. The Hall–Kier alpha value is -1.94. The lowest BCUT2D eigenvalue weighted by atomic mass is 9.95. The van der Waals surface area contributed by atoms with Crippen molar-refractivity contribution in [1.29, 1.82) is 0 Å². The van der Waals surface area contributed by atoms with Gasteiger partial charge in [-0.3, -0.25) is 4.90 Å². The summed E-state index contributed by atoms with van der Waals surface area (Å²) < 4.78 is 54.7. The number of nitrogens with one attached hydrogen (secondary N) is 1. The summed E-state index contributed by atoms with van der Waals surface area (Å²) in [6, 6.07) is 7.52. The normalized spacial score (nSPS) is 15.7. The van der Waals surface area contributed by atoms with Gasteiger partial charge in [0.05, 0.1) is 6.04 Å². The van der Waals surface area contributed by atoms with Gasteiger partial charge in [0.1, 0.15) is 23.0 Å². The zero-order valence-electron chi connectivity index (χ0n) is 15.1. The van der Waals surface area contributed by atoms with Gasteiger partial charge in [-0.25, -0.2) is 4.39 Å². The number of hydrogen-bond acceptors (Lipinski definition) is 5. The van der Waals surface area contributed by atoms with Crippen molar-refractivity contribution in [3.63, 3.8) is 0 Å². The zero-order valence-corrected chi connectivity index (χ0v) is 16.7. The van der Waals surface area contributed by atoms with Crippen molar-refractivity contribution in [1.82, 2.24) is 10.2 Å². The van der Waals surface area contributed by atoms with E-state index in [-0.39, 0.29) is 42.0 Å². The number of rotatable bonds is 4. The number of nitrogens with two attached hydrogens (primary N) is 1. The predicted molar refractivity (Wildman–Crippen MR) is 106 cm³/mol. The number of anilines is 1. The van der Waals surface area contributed by atoms with Gasteiger partial charge in [0, 0.05) is 31.7 Å². The van der Waals surface area contributed by atoms with Crippen LogP contribution in [0.3, 0.4) is 0 Å². The van der Waals surface area contributed by atoms with Gasteiger partial charge in [0.2, 0.25) is 0 Å². The Morgan fingerprint density at radius 3 is 2.17 bits per heavy atom. The highest BCUT2D eigenvalue weighted by Gasteiger charge is 2.32. The first kappa shape index (κ1) is 25.1. The quantitative estimate of drug-likeness (QED) is 0.369. The third-order valence-corrected chi connectivity index (χ3v) is 4.44. The van der Waals surface area contributed by atoms with Gasteiger partial charge in [0.15, 0.2) is 0 Å². The number of halogens is 6. The average molecular weight is 458 g/mol. The number of phenols is 1. The monoisotopic (exact) mass is 457 g/mol. The van der Waals surface area contributed by atoms with Crippen molar-refractivity contribution in [2.75, 3.05) is 31.9 Å². The van der Waals surface area contributed by atoms with Gasteiger partial charge >= 0.3 is 6.36 Å². The largest absolute Gasteiger partial charge is 0.573 e. The van der Waals surface area contributed by atoms with Crippen LogP contribution in [0.25, 0.3) is 0 Å². The van der Waals surface area contributed by atoms with Crippen LogP contribution in [0.2, 0.25) is 0 Å². The molecule has 1 heterocycles. The second-order valence-electron chi connectivity index (χ2n) is 6.20. The number of ether oxygens (including phenoxy) is 1. The summed E-state index contributed by atoms with van der Waals surface area (Å²) in [6.45, 7) is 2.71. The van der Waals surface area contributed by atoms with Crippen LogP contribution in [0.15, 0.2) is 36.4 Å². The summed E-state index contributed by atoms with van der Waals surface area (Å²) >= 11 is 0. The highest BCUT2D eigenvalue weighted by atomic mass is 35.5. The van der Waals surface area contributed by atoms with Crippen molar-refractivity contribution in [2.45, 2.75) is 12.4 Å². The van der Waals surface area contributed by atoms with Crippen LogP contribution in [0, 0.1) is 5.82 Å². The molecule has 5 nitrogen and oxygen atoms in total. The molecule has 1 atom stereocenters. The second kappa shape index (κ2) is 10.2. The predicted octanol–water partition coefficient (Wildman–Crippen LogP) is 3.85. The second-order valence-corrected chi connectivity index (χ2v) is 6.20. The minimum absolute atomic E-state index is 0. The fraction of sp³-hybridized carbons (Fsp3) is 0.333. The molecule has 0 radical (unpaired) electrons. The van der Waals surface area contributed by atoms with Crippen molar-refractivity contribution in [3.8, 4) is 11.5 Å². The lowest BCUT2D eigenvalue weighted by Crippen LogP contribution is -2.45. The van der Waals surface area contributed by atoms with E-state index in [1.165, 1.54) is 36.4 Å². The summed E-state index contributed by atoms with van der Waals surface area (Å²) in [7, 11) is 0. The van der Waals surface area contributed by atoms with Crippen molar-refractivity contribution < 1.29 is 27.4 Å². The zero-order chi connectivity index (χ0) is 19.6. The van der Waals surface area contributed by atoms with E-state index in [2.05, 4.69) is 10.1 Å². The van der Waals surface area contributed by atoms with Crippen molar-refractivity contribution in [2.24, 2.45) is 0 Å². The number of phenolic OH excluding ortho intramolecular Hbond substituents is 1. The van der Waals surface area contributed by atoms with Gasteiger partial charge in [-0.1, -0.05) is 18.2 Å². The Morgan fingerprint density at radius 2 is 1.62 bits per heavy atom. The lowest BCUT2D eigenvalue weighted by Gasteiger charge is -2.36. The molecule has 1 aliphatic heterocycles. The molecule has 162 valence electrons. The maximum Gasteiger partial charge on any atom is 0.573 e. The molecule has 1 saturated heterocycles. The van der Waals surface area contributed by atoms with Crippen LogP contribution in [0.1, 0.15) is 17.2 Å². The number of nitrogens with zero attached hydrogens (tertiary/aromatic N) is 1. The Morgan fingerprint density at radius 1 is 1.03 bits per heavy atom. The molecule has 0 amide bonds. The summed E-state index contributed by atoms with van der Waals surface area (Å²) in [5.41, 5.74) is 6.29. The van der Waals surface area contributed by atoms with Gasteiger partial charge in [-0.15, -0.1) is 38.0 Å². The highest BCUT2D eigenvalue weighted by molar-refractivity contribution is 5.85. The maximum atomic E-state index is 13.6. The number of nitrogen functional groups attached to an aromatic ring is 1. The standard InChI is InChI=1S/C18H19F4N3O2.2ClH/c19-14-6-5-13(17(26)15(14)23)16(25-9-7-24-8-10-25)11-1-3-12(4-2-11)27-18(20,21)22;;/h1-6,16,24,26H,7-10,23H2;2*1H/t16-;;/m1../s1. The third-order valence-electron chi connectivity index (χ3n) is 4.44. The minimum atomic E-state index is -4.77. The summed E-state index contributed by atoms with van der Waals surface area (Å²) in [5.74, 6) is -1.44. The molecule has 2 aromatic rings. The topological polar surface area (TPSA) is 70.8 Å². The Kier molecular flexibility index (Phi) is 8.83. The van der Waals surface area contributed by atoms with E-state index < -0.39 is 18.2 Å². The molecule has 3 rings (SSSR count). The number of piperazine rings is 1. The molecular formula is C18H21Cl2F4N3O2. The first-order valence-electron chi connectivity index (χ1n) is 8.33.